The molecule has 0 rings (SSSR count). The van der Waals surface area contributed by atoms with Crippen LogP contribution in [0.3, 0.4) is 0 Å². The van der Waals surface area contributed by atoms with Gasteiger partial charge in [-0.2, -0.15) is 0 Å². The zero-order valence-corrected chi connectivity index (χ0v) is 8.35. The maximum Gasteiger partial charge on any atom is 0 e. The second kappa shape index (κ2) is 29.2. The first-order valence-electron chi connectivity index (χ1n) is 0. The summed E-state index contributed by atoms with van der Waals surface area (Å²) in [4.78, 5) is 0. The van der Waals surface area contributed by atoms with E-state index >= 15 is 0 Å². The average molecular weight is 455 g/mol. The summed E-state index contributed by atoms with van der Waals surface area (Å²) in [6.07, 6.45) is 0. The van der Waals surface area contributed by atoms with Crippen LogP contribution in [0.2, 0.25) is 0 Å². The van der Waals surface area contributed by atoms with E-state index in [2.05, 4.69) is 0 Å². The first kappa shape index (κ1) is 46.1. The molecule has 4 radical (unpaired) electrons. The molecule has 0 atom stereocenters. The van der Waals surface area contributed by atoms with Crippen molar-refractivity contribution in [1.82, 2.24) is 0 Å². The van der Waals surface area contributed by atoms with E-state index in [0.29, 0.717) is 0 Å². The van der Waals surface area contributed by atoms with Gasteiger partial charge in [0.05, 0.1) is 0 Å². The van der Waals surface area contributed by atoms with E-state index in [1.54, 1.807) is 0 Å². The molecule has 0 aromatic heterocycles. The van der Waals surface area contributed by atoms with Crippen LogP contribution in [0.15, 0.2) is 0 Å². The Morgan fingerprint density at radius 1 is 1.00 bits per heavy atom. The van der Waals surface area contributed by atoms with Crippen LogP contribution in [0.1, 0.15) is 0 Å². The Kier molecular flexibility index (Phi) is 269. The van der Waals surface area contributed by atoms with Crippen molar-refractivity contribution in [3.05, 3.63) is 0 Å². The predicted molar refractivity (Wildman–Crippen MR) is 6.92 cm³/mol. The van der Waals surface area contributed by atoms with Gasteiger partial charge < -0.3 is 0 Å². The Balaban J connectivity index is 0. The second-order valence-electron chi connectivity index (χ2n) is 0. The molecule has 0 saturated carbocycles. The monoisotopic (exact) mass is 453 g/mol. The van der Waals surface area contributed by atoms with E-state index in [4.69, 9.17) is 0 Å². The van der Waals surface area contributed by atoms with Crippen LogP contribution in [-0.4, -0.2) is 0 Å². The Morgan fingerprint density at radius 3 is 1.00 bits per heavy atom. The fraction of sp³-hybridized carbons (Fsp3) is 0. The Bertz CT molecular complexity index is 11.6. The molecule has 0 unspecified atom stereocenters. The van der Waals surface area contributed by atoms with Gasteiger partial charge in [0.15, 0.2) is 0 Å². The van der Waals surface area contributed by atoms with E-state index in [9.17, 15) is 0 Å². The average Bonchev–Trinajstić information content (AvgIpc) is 0. The van der Waals surface area contributed by atoms with E-state index in [-0.39, 0.29) is 84.9 Å². The quantitative estimate of drug-likeness (QED) is 0.376. The van der Waals surface area contributed by atoms with Crippen LogP contribution in [0, 0.1) is 0 Å². The molecule has 46 valence electrons. The molecular weight excluding hydrogens is 455 g/mol. The molecule has 5 heavy (non-hydrogen) atoms. The minimum Gasteiger partial charge on any atom is 0 e. The van der Waals surface area contributed by atoms with Crippen LogP contribution in [-0.2, 0) is 75.0 Å². The molecule has 0 spiro atoms. The second-order valence-corrected chi connectivity index (χ2v) is 0. The van der Waals surface area contributed by atoms with Crippen molar-refractivity contribution in [1.29, 1.82) is 0 Å². The van der Waals surface area contributed by atoms with Gasteiger partial charge in [0, 0.05) is 84.9 Å². The van der Waals surface area contributed by atoms with E-state index < -0.39 is 0 Å². The van der Waals surface area contributed by atoms with Gasteiger partial charge in [-0.3, -0.25) is 0 Å². The summed E-state index contributed by atoms with van der Waals surface area (Å²) in [6, 6.07) is 0. The molecule has 5 heteroatoms. The summed E-state index contributed by atoms with van der Waals surface area (Å²) in [5, 5.41) is 0. The number of hydrogen-bond acceptors (Lipinski definition) is 0. The fourth-order valence-corrected chi connectivity index (χ4v) is 0. The maximum atomic E-state index is 0. The summed E-state index contributed by atoms with van der Waals surface area (Å²) >= 11 is 0. The van der Waals surface area contributed by atoms with E-state index in [1.165, 1.54) is 0 Å². The van der Waals surface area contributed by atoms with Crippen molar-refractivity contribution < 1.29 is 75.0 Å². The van der Waals surface area contributed by atoms with Crippen LogP contribution < -0.4 is 0 Å². The van der Waals surface area contributed by atoms with Gasteiger partial charge in [-0.15, -0.1) is 0 Å². The van der Waals surface area contributed by atoms with Gasteiger partial charge >= 0.3 is 0 Å². The standard InChI is InChI=1S/Cu.Ni.P.Pd.Pt. The van der Waals surface area contributed by atoms with Crippen molar-refractivity contribution in [3.63, 3.8) is 0 Å². The molecule has 0 aromatic rings. The first-order valence-corrected chi connectivity index (χ1v) is 0. The summed E-state index contributed by atoms with van der Waals surface area (Å²) in [5.74, 6) is 0. The smallest absolute Gasteiger partial charge is 0 e. The summed E-state index contributed by atoms with van der Waals surface area (Å²) < 4.78 is 0. The summed E-state index contributed by atoms with van der Waals surface area (Å²) in [6.45, 7) is 0. The largest absolute Gasteiger partial charge is 0 e. The first-order chi connectivity index (χ1) is 0. The van der Waals surface area contributed by atoms with Gasteiger partial charge in [-0.05, 0) is 0 Å². The fourth-order valence-electron chi connectivity index (χ4n) is 0. The molecule has 0 saturated heterocycles. The zero-order chi connectivity index (χ0) is 0. The molecule has 0 N–H and O–H groups in total. The van der Waals surface area contributed by atoms with Gasteiger partial charge in [-0.25, -0.2) is 0 Å². The van der Waals surface area contributed by atoms with E-state index in [1.807, 2.05) is 0 Å². The minimum atomic E-state index is 0. The van der Waals surface area contributed by atoms with Gasteiger partial charge in [0.2, 0.25) is 0 Å². The third kappa shape index (κ3) is 20.0. The van der Waals surface area contributed by atoms with Crippen molar-refractivity contribution in [2.24, 2.45) is 0 Å². The SMILES string of the molecule is [Cu].[Ni].[P].[Pd].[Pt]. The topological polar surface area (TPSA) is 0 Å². The zero-order valence-electron chi connectivity index (χ0n) is 1.70. The van der Waals surface area contributed by atoms with Crippen molar-refractivity contribution in [2.45, 2.75) is 0 Å². The molecular formula is CuNiPPdPt. The minimum absolute atomic E-state index is 0. The Morgan fingerprint density at radius 2 is 1.00 bits per heavy atom. The molecule has 0 fully saturated rings. The Hall–Kier alpha value is 2.79. The third-order valence-electron chi connectivity index (χ3n) is 0. The molecule has 0 aromatic carbocycles. The Labute approximate surface area is 83.9 Å². The molecule has 0 heterocycles. The van der Waals surface area contributed by atoms with Crippen molar-refractivity contribution >= 4 is 9.90 Å². The van der Waals surface area contributed by atoms with Gasteiger partial charge in [0.25, 0.3) is 0 Å². The van der Waals surface area contributed by atoms with Crippen molar-refractivity contribution in [3.8, 4) is 0 Å². The molecule has 0 amide bonds. The van der Waals surface area contributed by atoms with Crippen LogP contribution in [0.25, 0.3) is 0 Å². The molecule has 0 aliphatic rings. The van der Waals surface area contributed by atoms with Gasteiger partial charge in [-0.1, -0.05) is 0 Å². The number of hydrogen-bond donors (Lipinski definition) is 0. The molecule has 0 bridgehead atoms. The van der Waals surface area contributed by atoms with Crippen LogP contribution >= 0.6 is 9.90 Å². The maximum absolute atomic E-state index is 0. The van der Waals surface area contributed by atoms with Crippen LogP contribution in [0.4, 0.5) is 0 Å². The molecule has 0 nitrogen and oxygen atoms in total. The number of rotatable bonds is 0. The van der Waals surface area contributed by atoms with E-state index in [0.717, 1.165) is 0 Å². The van der Waals surface area contributed by atoms with Crippen LogP contribution in [0.5, 0.6) is 0 Å². The molecule has 0 aliphatic carbocycles. The summed E-state index contributed by atoms with van der Waals surface area (Å²) in [5.41, 5.74) is 0. The predicted octanol–water partition coefficient (Wildman–Crippen LogP) is 0.851. The van der Waals surface area contributed by atoms with Crippen molar-refractivity contribution in [2.75, 3.05) is 0 Å². The molecule has 0 aliphatic heterocycles. The normalized spacial score (nSPS) is 0. The third-order valence-corrected chi connectivity index (χ3v) is 0. The summed E-state index contributed by atoms with van der Waals surface area (Å²) in [7, 11) is 0. The van der Waals surface area contributed by atoms with Gasteiger partial charge in [0.1, 0.15) is 0 Å².